The molecule has 140 valence electrons. The van der Waals surface area contributed by atoms with Gasteiger partial charge in [0.2, 0.25) is 0 Å². The summed E-state index contributed by atoms with van der Waals surface area (Å²) in [4.78, 5) is 21.8. The zero-order chi connectivity index (χ0) is 19.5. The number of pyridine rings is 1. The standard InChI is InChI=1S/C20H22N4O2S/c1-9(2)14-15-11(4)17(20(25)26-6)27-19(15)22-16(14)13-7-10(3)18-21-12(5)23-24(18)8-13/h7-9,22H,1-6H3. The van der Waals surface area contributed by atoms with E-state index in [2.05, 4.69) is 35.0 Å². The molecule has 0 saturated carbocycles. The van der Waals surface area contributed by atoms with E-state index in [4.69, 9.17) is 4.74 Å². The third-order valence-electron chi connectivity index (χ3n) is 4.88. The van der Waals surface area contributed by atoms with E-state index in [-0.39, 0.29) is 5.97 Å². The van der Waals surface area contributed by atoms with E-state index in [1.165, 1.54) is 24.0 Å². The second-order valence-corrected chi connectivity index (χ2v) is 8.18. The number of aromatic amines is 1. The predicted molar refractivity (Wildman–Crippen MR) is 108 cm³/mol. The minimum absolute atomic E-state index is 0.284. The normalized spacial score (nSPS) is 11.8. The van der Waals surface area contributed by atoms with E-state index in [1.54, 1.807) is 0 Å². The van der Waals surface area contributed by atoms with Gasteiger partial charge in [-0.2, -0.15) is 5.10 Å². The Morgan fingerprint density at radius 1 is 1.30 bits per heavy atom. The number of hydrogen-bond acceptors (Lipinski definition) is 5. The number of carbonyl (C=O) groups excluding carboxylic acids is 1. The summed E-state index contributed by atoms with van der Waals surface area (Å²) in [6.07, 6.45) is 2.01. The monoisotopic (exact) mass is 382 g/mol. The van der Waals surface area contributed by atoms with Crippen molar-refractivity contribution in [2.75, 3.05) is 7.11 Å². The number of nitrogens with one attached hydrogen (secondary N) is 1. The molecule has 0 atom stereocenters. The summed E-state index contributed by atoms with van der Waals surface area (Å²) < 4.78 is 6.78. The highest BCUT2D eigenvalue weighted by molar-refractivity contribution is 7.20. The number of nitrogens with zero attached hydrogens (tertiary/aromatic N) is 3. The predicted octanol–water partition coefficient (Wildman–Crippen LogP) is 4.77. The van der Waals surface area contributed by atoms with Gasteiger partial charge in [0.25, 0.3) is 0 Å². The third kappa shape index (κ3) is 2.65. The lowest BCUT2D eigenvalue weighted by Crippen LogP contribution is -2.00. The minimum atomic E-state index is -0.284. The molecule has 27 heavy (non-hydrogen) atoms. The second-order valence-electron chi connectivity index (χ2n) is 7.16. The van der Waals surface area contributed by atoms with Gasteiger partial charge in [-0.25, -0.2) is 14.3 Å². The van der Waals surface area contributed by atoms with Gasteiger partial charge in [-0.3, -0.25) is 0 Å². The van der Waals surface area contributed by atoms with Crippen LogP contribution in [0.15, 0.2) is 12.3 Å². The summed E-state index contributed by atoms with van der Waals surface area (Å²) in [5.74, 6) is 0.764. The molecule has 7 heteroatoms. The van der Waals surface area contributed by atoms with Crippen LogP contribution >= 0.6 is 11.3 Å². The number of fused-ring (bicyclic) bond motifs is 2. The molecule has 4 heterocycles. The molecule has 0 aromatic carbocycles. The van der Waals surface area contributed by atoms with Gasteiger partial charge in [-0.1, -0.05) is 13.8 Å². The lowest BCUT2D eigenvalue weighted by Gasteiger charge is -2.10. The van der Waals surface area contributed by atoms with E-state index in [1.807, 2.05) is 31.5 Å². The van der Waals surface area contributed by atoms with E-state index in [0.29, 0.717) is 10.8 Å². The molecule has 0 spiro atoms. The third-order valence-corrected chi connectivity index (χ3v) is 6.07. The molecule has 4 aromatic heterocycles. The molecule has 0 saturated heterocycles. The van der Waals surface area contributed by atoms with Crippen molar-refractivity contribution in [1.29, 1.82) is 0 Å². The molecule has 0 aliphatic heterocycles. The van der Waals surface area contributed by atoms with Crippen LogP contribution in [0.3, 0.4) is 0 Å². The molecular weight excluding hydrogens is 360 g/mol. The van der Waals surface area contributed by atoms with Gasteiger partial charge in [-0.15, -0.1) is 11.3 Å². The fraction of sp³-hybridized carbons (Fsp3) is 0.350. The van der Waals surface area contributed by atoms with Crippen molar-refractivity contribution >= 4 is 33.2 Å². The van der Waals surface area contributed by atoms with Crippen LogP contribution in [-0.4, -0.2) is 32.7 Å². The second kappa shape index (κ2) is 6.20. The van der Waals surface area contributed by atoms with Crippen LogP contribution in [0.2, 0.25) is 0 Å². The number of ether oxygens (including phenoxy) is 1. The Labute approximate surface area is 161 Å². The van der Waals surface area contributed by atoms with Crippen LogP contribution in [0.5, 0.6) is 0 Å². The fourth-order valence-electron chi connectivity index (χ4n) is 3.72. The highest BCUT2D eigenvalue weighted by atomic mass is 32.1. The Morgan fingerprint density at radius 3 is 2.70 bits per heavy atom. The van der Waals surface area contributed by atoms with E-state index >= 15 is 0 Å². The van der Waals surface area contributed by atoms with Gasteiger partial charge in [0, 0.05) is 17.1 Å². The van der Waals surface area contributed by atoms with E-state index in [0.717, 1.165) is 44.1 Å². The molecule has 0 amide bonds. The van der Waals surface area contributed by atoms with Crippen LogP contribution in [0.25, 0.3) is 27.1 Å². The number of rotatable bonds is 3. The van der Waals surface area contributed by atoms with Crippen molar-refractivity contribution in [2.45, 2.75) is 40.5 Å². The molecule has 0 aliphatic rings. The highest BCUT2D eigenvalue weighted by Crippen LogP contribution is 2.42. The van der Waals surface area contributed by atoms with Gasteiger partial charge in [-0.05, 0) is 49.4 Å². The Morgan fingerprint density at radius 2 is 2.04 bits per heavy atom. The summed E-state index contributed by atoms with van der Waals surface area (Å²) in [6, 6.07) is 2.14. The zero-order valence-corrected chi connectivity index (χ0v) is 17.1. The first-order valence-corrected chi connectivity index (χ1v) is 9.70. The van der Waals surface area contributed by atoms with Crippen molar-refractivity contribution in [2.24, 2.45) is 0 Å². The number of aromatic nitrogens is 4. The van der Waals surface area contributed by atoms with Crippen molar-refractivity contribution in [3.63, 3.8) is 0 Å². The maximum Gasteiger partial charge on any atom is 0.348 e. The Balaban J connectivity index is 1.99. The average molecular weight is 382 g/mol. The van der Waals surface area contributed by atoms with E-state index in [9.17, 15) is 4.79 Å². The number of methoxy groups -OCH3 is 1. The molecule has 4 rings (SSSR count). The summed E-state index contributed by atoms with van der Waals surface area (Å²) in [5, 5.41) is 5.60. The summed E-state index contributed by atoms with van der Waals surface area (Å²) >= 11 is 1.45. The molecule has 0 aliphatic carbocycles. The molecule has 4 aromatic rings. The number of hydrogen-bond donors (Lipinski definition) is 1. The maximum atomic E-state index is 12.1. The lowest BCUT2D eigenvalue weighted by atomic mass is 9.95. The van der Waals surface area contributed by atoms with Crippen molar-refractivity contribution in [3.05, 3.63) is 39.7 Å². The molecule has 0 fully saturated rings. The molecule has 0 radical (unpaired) electrons. The SMILES string of the molecule is COC(=O)c1sc2[nH]c(-c3cc(C)c4nc(C)nn4c3)c(C(C)C)c2c1C. The van der Waals surface area contributed by atoms with E-state index < -0.39 is 0 Å². The number of aryl methyl sites for hydroxylation is 3. The van der Waals surface area contributed by atoms with Crippen LogP contribution in [0.1, 0.15) is 52.0 Å². The molecule has 1 N–H and O–H groups in total. The Bertz CT molecular complexity index is 1200. The van der Waals surface area contributed by atoms with Gasteiger partial charge in [0.15, 0.2) is 5.65 Å². The van der Waals surface area contributed by atoms with Gasteiger partial charge in [0.1, 0.15) is 15.5 Å². The first kappa shape index (κ1) is 17.7. The maximum absolute atomic E-state index is 12.1. The summed E-state index contributed by atoms with van der Waals surface area (Å²) in [7, 11) is 1.42. The van der Waals surface area contributed by atoms with Gasteiger partial charge >= 0.3 is 5.97 Å². The zero-order valence-electron chi connectivity index (χ0n) is 16.3. The molecule has 0 bridgehead atoms. The minimum Gasteiger partial charge on any atom is -0.465 e. The quantitative estimate of drug-likeness (QED) is 0.518. The fourth-order valence-corrected chi connectivity index (χ4v) is 4.86. The Kier molecular flexibility index (Phi) is 4.07. The molecule has 6 nitrogen and oxygen atoms in total. The number of esters is 1. The largest absolute Gasteiger partial charge is 0.465 e. The average Bonchev–Trinajstić information content (AvgIpc) is 3.26. The number of carbonyl (C=O) groups is 1. The summed E-state index contributed by atoms with van der Waals surface area (Å²) in [6.45, 7) is 10.3. The first-order valence-electron chi connectivity index (χ1n) is 8.89. The lowest BCUT2D eigenvalue weighted by molar-refractivity contribution is 0.0605. The number of H-pyrrole nitrogens is 1. The van der Waals surface area contributed by atoms with Crippen molar-refractivity contribution in [1.82, 2.24) is 19.6 Å². The van der Waals surface area contributed by atoms with Crippen LogP contribution in [-0.2, 0) is 4.74 Å². The molecule has 0 unspecified atom stereocenters. The van der Waals surface area contributed by atoms with Crippen LogP contribution < -0.4 is 0 Å². The number of thiophene rings is 1. The van der Waals surface area contributed by atoms with Crippen LogP contribution in [0.4, 0.5) is 0 Å². The highest BCUT2D eigenvalue weighted by Gasteiger charge is 2.24. The smallest absolute Gasteiger partial charge is 0.348 e. The van der Waals surface area contributed by atoms with Gasteiger partial charge < -0.3 is 9.72 Å². The van der Waals surface area contributed by atoms with Crippen molar-refractivity contribution < 1.29 is 9.53 Å². The Hall–Kier alpha value is -2.67. The van der Waals surface area contributed by atoms with Crippen LogP contribution in [0, 0.1) is 20.8 Å². The first-order chi connectivity index (χ1) is 12.8. The van der Waals surface area contributed by atoms with Gasteiger partial charge in [0.05, 0.1) is 12.8 Å². The molecular formula is C20H22N4O2S. The summed E-state index contributed by atoms with van der Waals surface area (Å²) in [5.41, 5.74) is 6.28. The van der Waals surface area contributed by atoms with Crippen molar-refractivity contribution in [3.8, 4) is 11.3 Å². The topological polar surface area (TPSA) is 72.3 Å².